The number of nitrogens with zero attached hydrogens (tertiary/aromatic N) is 1. The lowest BCUT2D eigenvalue weighted by Gasteiger charge is -2.33. The Morgan fingerprint density at radius 3 is 2.30 bits per heavy atom. The Morgan fingerprint density at radius 1 is 0.865 bits per heavy atom. The highest BCUT2D eigenvalue weighted by molar-refractivity contribution is 9.10. The summed E-state index contributed by atoms with van der Waals surface area (Å²) in [5, 5.41) is 4.12. The van der Waals surface area contributed by atoms with Gasteiger partial charge in [0, 0.05) is 23.5 Å². The zero-order chi connectivity index (χ0) is 26.2. The van der Waals surface area contributed by atoms with E-state index in [0.29, 0.717) is 23.0 Å². The third-order valence-corrected chi connectivity index (χ3v) is 8.04. The monoisotopic (exact) mass is 600 g/mol. The molecule has 0 spiro atoms. The predicted octanol–water partition coefficient (Wildman–Crippen LogP) is 7.39. The van der Waals surface area contributed by atoms with Gasteiger partial charge < -0.3 is 10.2 Å². The van der Waals surface area contributed by atoms with Crippen LogP contribution in [0.4, 0.5) is 0 Å². The van der Waals surface area contributed by atoms with Crippen LogP contribution in [-0.4, -0.2) is 28.8 Å². The SMILES string of the molecule is O=C(NC1CCCCC1)[C@@H](Cc1ccccc1)N(Cc1cccc(Br)c1)C(=O)Cc1ccc(Cl)c(Cl)c1. The average Bonchev–Trinajstić information content (AvgIpc) is 2.89. The van der Waals surface area contributed by atoms with Crippen molar-refractivity contribution in [2.45, 2.75) is 63.6 Å². The fourth-order valence-electron chi connectivity index (χ4n) is 4.86. The first kappa shape index (κ1) is 27.7. The molecule has 0 saturated heterocycles. The Hall–Kier alpha value is -2.34. The summed E-state index contributed by atoms with van der Waals surface area (Å²) in [4.78, 5) is 29.4. The first-order valence-corrected chi connectivity index (χ1v) is 14.3. The van der Waals surface area contributed by atoms with Gasteiger partial charge in [0.05, 0.1) is 16.5 Å². The quantitative estimate of drug-likeness (QED) is 0.278. The molecule has 0 unspecified atom stereocenters. The van der Waals surface area contributed by atoms with E-state index in [1.54, 1.807) is 23.1 Å². The molecule has 37 heavy (non-hydrogen) atoms. The van der Waals surface area contributed by atoms with Crippen molar-refractivity contribution >= 4 is 50.9 Å². The molecule has 1 aliphatic rings. The van der Waals surface area contributed by atoms with Gasteiger partial charge in [-0.25, -0.2) is 0 Å². The second-order valence-electron chi connectivity index (χ2n) is 9.63. The van der Waals surface area contributed by atoms with Crippen molar-refractivity contribution in [1.29, 1.82) is 0 Å². The Bertz CT molecular complexity index is 1220. The molecule has 0 bridgehead atoms. The minimum absolute atomic E-state index is 0.103. The van der Waals surface area contributed by atoms with Gasteiger partial charge in [-0.3, -0.25) is 9.59 Å². The predicted molar refractivity (Wildman–Crippen MR) is 154 cm³/mol. The van der Waals surface area contributed by atoms with Crippen molar-refractivity contribution in [3.63, 3.8) is 0 Å². The molecule has 3 aromatic carbocycles. The minimum Gasteiger partial charge on any atom is -0.352 e. The summed E-state index contributed by atoms with van der Waals surface area (Å²) in [7, 11) is 0. The molecular weight excluding hydrogens is 571 g/mol. The van der Waals surface area contributed by atoms with E-state index < -0.39 is 6.04 Å². The van der Waals surface area contributed by atoms with E-state index >= 15 is 0 Å². The van der Waals surface area contributed by atoms with Crippen molar-refractivity contribution in [3.05, 3.63) is 104 Å². The molecule has 194 valence electrons. The lowest BCUT2D eigenvalue weighted by Crippen LogP contribution is -2.53. The van der Waals surface area contributed by atoms with E-state index in [0.717, 1.165) is 46.8 Å². The molecule has 1 N–H and O–H groups in total. The van der Waals surface area contributed by atoms with E-state index in [9.17, 15) is 9.59 Å². The molecule has 0 aromatic heterocycles. The Kier molecular flexibility index (Phi) is 10.1. The summed E-state index contributed by atoms with van der Waals surface area (Å²) < 4.78 is 0.924. The average molecular weight is 602 g/mol. The standard InChI is InChI=1S/C30H31BrCl2N2O2/c31-24-11-7-10-23(16-24)20-35(29(36)19-22-14-15-26(32)27(33)17-22)28(18-21-8-3-1-4-9-21)30(37)34-25-12-5-2-6-13-25/h1,3-4,7-11,14-17,25,28H,2,5-6,12-13,18-20H2,(H,34,37)/t28-/m1/s1. The third-order valence-electron chi connectivity index (χ3n) is 6.80. The number of halogens is 3. The van der Waals surface area contributed by atoms with Gasteiger partial charge in [-0.15, -0.1) is 0 Å². The van der Waals surface area contributed by atoms with Gasteiger partial charge in [0.25, 0.3) is 0 Å². The van der Waals surface area contributed by atoms with Gasteiger partial charge in [-0.05, 0) is 53.8 Å². The van der Waals surface area contributed by atoms with Crippen LogP contribution in [0.2, 0.25) is 10.0 Å². The van der Waals surface area contributed by atoms with E-state index in [-0.39, 0.29) is 24.3 Å². The Labute approximate surface area is 237 Å². The zero-order valence-electron chi connectivity index (χ0n) is 20.6. The van der Waals surface area contributed by atoms with Gasteiger partial charge in [0.2, 0.25) is 11.8 Å². The first-order valence-electron chi connectivity index (χ1n) is 12.7. The lowest BCUT2D eigenvalue weighted by atomic mass is 9.94. The molecule has 0 radical (unpaired) electrons. The summed E-state index contributed by atoms with van der Waals surface area (Å²) in [6.45, 7) is 0.315. The second-order valence-corrected chi connectivity index (χ2v) is 11.4. The molecule has 1 saturated carbocycles. The number of carbonyl (C=O) groups is 2. The van der Waals surface area contributed by atoms with Crippen LogP contribution in [0.5, 0.6) is 0 Å². The van der Waals surface area contributed by atoms with Gasteiger partial charge in [-0.1, -0.05) is 107 Å². The molecule has 1 atom stereocenters. The van der Waals surface area contributed by atoms with Crippen LogP contribution in [0.3, 0.4) is 0 Å². The molecule has 0 heterocycles. The largest absolute Gasteiger partial charge is 0.352 e. The number of amides is 2. The molecule has 3 aromatic rings. The van der Waals surface area contributed by atoms with Crippen LogP contribution >= 0.6 is 39.1 Å². The van der Waals surface area contributed by atoms with Crippen LogP contribution in [0, 0.1) is 0 Å². The third kappa shape index (κ3) is 8.07. The smallest absolute Gasteiger partial charge is 0.243 e. The summed E-state index contributed by atoms with van der Waals surface area (Å²) >= 11 is 15.9. The summed E-state index contributed by atoms with van der Waals surface area (Å²) in [6, 6.07) is 22.4. The summed E-state index contributed by atoms with van der Waals surface area (Å²) in [5.74, 6) is -0.244. The topological polar surface area (TPSA) is 49.4 Å². The van der Waals surface area contributed by atoms with Gasteiger partial charge >= 0.3 is 0 Å². The fraction of sp³-hybridized carbons (Fsp3) is 0.333. The Balaban J connectivity index is 1.66. The molecule has 2 amide bonds. The highest BCUT2D eigenvalue weighted by Gasteiger charge is 2.32. The summed E-state index contributed by atoms with van der Waals surface area (Å²) in [6.07, 6.45) is 5.95. The number of carbonyl (C=O) groups excluding carboxylic acids is 2. The molecule has 4 nitrogen and oxygen atoms in total. The highest BCUT2D eigenvalue weighted by Crippen LogP contribution is 2.25. The van der Waals surface area contributed by atoms with Crippen LogP contribution in [0.25, 0.3) is 0 Å². The van der Waals surface area contributed by atoms with Gasteiger partial charge in [-0.2, -0.15) is 0 Å². The van der Waals surface area contributed by atoms with Crippen LogP contribution < -0.4 is 5.32 Å². The number of hydrogen-bond donors (Lipinski definition) is 1. The summed E-state index contributed by atoms with van der Waals surface area (Å²) in [5.41, 5.74) is 2.71. The van der Waals surface area contributed by atoms with E-state index in [1.165, 1.54) is 6.42 Å². The van der Waals surface area contributed by atoms with Crippen LogP contribution in [-0.2, 0) is 29.0 Å². The maximum Gasteiger partial charge on any atom is 0.243 e. The van der Waals surface area contributed by atoms with Crippen LogP contribution in [0.15, 0.2) is 77.3 Å². The minimum atomic E-state index is -0.654. The molecule has 1 aliphatic carbocycles. The molecule has 4 rings (SSSR count). The highest BCUT2D eigenvalue weighted by atomic mass is 79.9. The number of hydrogen-bond acceptors (Lipinski definition) is 2. The van der Waals surface area contributed by atoms with Crippen molar-refractivity contribution in [2.24, 2.45) is 0 Å². The maximum atomic E-state index is 13.9. The van der Waals surface area contributed by atoms with E-state index in [2.05, 4.69) is 21.2 Å². The molecule has 1 fully saturated rings. The second kappa shape index (κ2) is 13.5. The van der Waals surface area contributed by atoms with Crippen molar-refractivity contribution in [2.75, 3.05) is 0 Å². The normalized spacial score (nSPS) is 14.7. The lowest BCUT2D eigenvalue weighted by molar-refractivity contribution is -0.141. The van der Waals surface area contributed by atoms with E-state index in [1.807, 2.05) is 54.6 Å². The van der Waals surface area contributed by atoms with Crippen molar-refractivity contribution in [1.82, 2.24) is 10.2 Å². The van der Waals surface area contributed by atoms with Crippen molar-refractivity contribution in [3.8, 4) is 0 Å². The fourth-order valence-corrected chi connectivity index (χ4v) is 5.62. The van der Waals surface area contributed by atoms with Gasteiger partial charge in [0.15, 0.2) is 0 Å². The van der Waals surface area contributed by atoms with Gasteiger partial charge in [0.1, 0.15) is 6.04 Å². The Morgan fingerprint density at radius 2 is 1.59 bits per heavy atom. The van der Waals surface area contributed by atoms with Crippen LogP contribution in [0.1, 0.15) is 48.8 Å². The van der Waals surface area contributed by atoms with E-state index in [4.69, 9.17) is 23.2 Å². The molecule has 7 heteroatoms. The number of nitrogens with one attached hydrogen (secondary N) is 1. The number of rotatable bonds is 9. The zero-order valence-corrected chi connectivity index (χ0v) is 23.7. The first-order chi connectivity index (χ1) is 17.9. The number of benzene rings is 3. The van der Waals surface area contributed by atoms with Crippen molar-refractivity contribution < 1.29 is 9.59 Å². The molecular formula is C30H31BrCl2N2O2. The maximum absolute atomic E-state index is 13.9. The molecule has 0 aliphatic heterocycles.